The van der Waals surface area contributed by atoms with Crippen molar-refractivity contribution in [1.29, 1.82) is 5.41 Å². The van der Waals surface area contributed by atoms with Gasteiger partial charge in [-0.1, -0.05) is 18.2 Å². The van der Waals surface area contributed by atoms with E-state index in [2.05, 4.69) is 15.3 Å². The quantitative estimate of drug-likeness (QED) is 0.543. The predicted molar refractivity (Wildman–Crippen MR) is 70.1 cm³/mol. The molecule has 1 aromatic carbocycles. The average molecular weight is 240 g/mol. The maximum atomic E-state index is 7.50. The molecule has 1 aliphatic heterocycles. The van der Waals surface area contributed by atoms with Crippen LogP contribution in [0.3, 0.4) is 0 Å². The summed E-state index contributed by atoms with van der Waals surface area (Å²) >= 11 is 0. The van der Waals surface area contributed by atoms with E-state index < -0.39 is 0 Å². The summed E-state index contributed by atoms with van der Waals surface area (Å²) in [5, 5.41) is 10.7. The minimum atomic E-state index is -0.0592. The van der Waals surface area contributed by atoms with E-state index in [4.69, 9.17) is 11.1 Å². The lowest BCUT2D eigenvalue weighted by molar-refractivity contribution is 1.06. The molecule has 1 aliphatic rings. The van der Waals surface area contributed by atoms with Gasteiger partial charge < -0.3 is 16.0 Å². The molecule has 4 N–H and O–H groups in total. The fraction of sp³-hybridized carbons (Fsp3) is 0.0833. The molecule has 6 heteroatoms. The number of fused-ring (bicyclic) bond motifs is 1. The molecule has 2 aromatic rings. The van der Waals surface area contributed by atoms with Gasteiger partial charge in [-0.25, -0.2) is 9.97 Å². The van der Waals surface area contributed by atoms with Gasteiger partial charge in [0.2, 0.25) is 0 Å². The van der Waals surface area contributed by atoms with E-state index in [-0.39, 0.29) is 5.84 Å². The molecule has 0 spiro atoms. The molecule has 18 heavy (non-hydrogen) atoms. The van der Waals surface area contributed by atoms with Gasteiger partial charge in [0.05, 0.1) is 6.67 Å². The minimum absolute atomic E-state index is 0.0592. The Morgan fingerprint density at radius 1 is 1.28 bits per heavy atom. The summed E-state index contributed by atoms with van der Waals surface area (Å²) in [5.41, 5.74) is 7.70. The summed E-state index contributed by atoms with van der Waals surface area (Å²) in [4.78, 5) is 10.3. The molecule has 0 unspecified atom stereocenters. The van der Waals surface area contributed by atoms with Gasteiger partial charge in [-0.05, 0) is 12.1 Å². The van der Waals surface area contributed by atoms with Crippen LogP contribution >= 0.6 is 0 Å². The van der Waals surface area contributed by atoms with Crippen LogP contribution in [0.2, 0.25) is 0 Å². The third-order valence-electron chi connectivity index (χ3n) is 2.82. The maximum Gasteiger partial charge on any atom is 0.162 e. The maximum absolute atomic E-state index is 7.50. The number of nitrogens with zero attached hydrogens (tertiary/aromatic N) is 3. The monoisotopic (exact) mass is 240 g/mol. The number of nitrogens with two attached hydrogens (primary N) is 1. The Morgan fingerprint density at radius 2 is 2.06 bits per heavy atom. The fourth-order valence-corrected chi connectivity index (χ4v) is 2.00. The SMILES string of the molecule is N=C(N)c1ncnc2c1NCN2c1ccccc1. The Labute approximate surface area is 104 Å². The van der Waals surface area contributed by atoms with Gasteiger partial charge in [-0.2, -0.15) is 0 Å². The van der Waals surface area contributed by atoms with Gasteiger partial charge in [0.15, 0.2) is 5.82 Å². The first-order valence-corrected chi connectivity index (χ1v) is 5.53. The van der Waals surface area contributed by atoms with Gasteiger partial charge >= 0.3 is 0 Å². The second-order valence-corrected chi connectivity index (χ2v) is 3.93. The summed E-state index contributed by atoms with van der Waals surface area (Å²) in [6.45, 7) is 0.596. The molecule has 0 saturated carbocycles. The lowest BCUT2D eigenvalue weighted by atomic mass is 10.2. The molecular formula is C12H12N6. The number of benzene rings is 1. The van der Waals surface area contributed by atoms with Gasteiger partial charge in [0, 0.05) is 5.69 Å². The Hall–Kier alpha value is -2.63. The minimum Gasteiger partial charge on any atom is -0.382 e. The smallest absolute Gasteiger partial charge is 0.162 e. The number of para-hydroxylation sites is 1. The van der Waals surface area contributed by atoms with Gasteiger partial charge in [0.1, 0.15) is 23.5 Å². The zero-order valence-electron chi connectivity index (χ0n) is 9.59. The summed E-state index contributed by atoms with van der Waals surface area (Å²) in [5.74, 6) is 0.692. The molecule has 0 amide bonds. The van der Waals surface area contributed by atoms with Crippen LogP contribution in [0.15, 0.2) is 36.7 Å². The Balaban J connectivity index is 2.08. The lowest BCUT2D eigenvalue weighted by Crippen LogP contribution is -2.16. The fourth-order valence-electron chi connectivity index (χ4n) is 2.00. The highest BCUT2D eigenvalue weighted by atomic mass is 15.3. The molecular weight excluding hydrogens is 228 g/mol. The van der Waals surface area contributed by atoms with Crippen LogP contribution in [-0.4, -0.2) is 22.5 Å². The predicted octanol–water partition coefficient (Wildman–Crippen LogP) is 1.28. The van der Waals surface area contributed by atoms with Crippen molar-refractivity contribution in [3.8, 4) is 0 Å². The number of aromatic nitrogens is 2. The molecule has 0 aliphatic carbocycles. The van der Waals surface area contributed by atoms with Crippen molar-refractivity contribution < 1.29 is 0 Å². The van der Waals surface area contributed by atoms with E-state index in [1.165, 1.54) is 6.33 Å². The first kappa shape index (κ1) is 10.5. The van der Waals surface area contributed by atoms with Crippen molar-refractivity contribution in [2.45, 2.75) is 0 Å². The van der Waals surface area contributed by atoms with Crippen LogP contribution < -0.4 is 16.0 Å². The summed E-state index contributed by atoms with van der Waals surface area (Å²) in [6, 6.07) is 9.92. The Morgan fingerprint density at radius 3 is 2.78 bits per heavy atom. The van der Waals surface area contributed by atoms with Crippen LogP contribution in [0.25, 0.3) is 0 Å². The highest BCUT2D eigenvalue weighted by Gasteiger charge is 2.25. The lowest BCUT2D eigenvalue weighted by Gasteiger charge is -2.16. The number of rotatable bonds is 2. The van der Waals surface area contributed by atoms with E-state index in [0.29, 0.717) is 18.1 Å². The highest BCUT2D eigenvalue weighted by Crippen LogP contribution is 2.35. The van der Waals surface area contributed by atoms with E-state index in [0.717, 1.165) is 11.5 Å². The molecule has 90 valence electrons. The third kappa shape index (κ3) is 1.55. The molecule has 3 rings (SSSR count). The summed E-state index contributed by atoms with van der Waals surface area (Å²) in [6.07, 6.45) is 1.43. The average Bonchev–Trinajstić information content (AvgIpc) is 2.83. The number of hydrogen-bond donors (Lipinski definition) is 3. The van der Waals surface area contributed by atoms with E-state index in [9.17, 15) is 0 Å². The second-order valence-electron chi connectivity index (χ2n) is 3.93. The van der Waals surface area contributed by atoms with Crippen molar-refractivity contribution in [2.24, 2.45) is 5.73 Å². The highest BCUT2D eigenvalue weighted by molar-refractivity contribution is 6.02. The van der Waals surface area contributed by atoms with Crippen molar-refractivity contribution >= 4 is 23.0 Å². The molecule has 0 bridgehead atoms. The number of hydrogen-bond acceptors (Lipinski definition) is 5. The van der Waals surface area contributed by atoms with Crippen LogP contribution in [0.5, 0.6) is 0 Å². The normalized spacial score (nSPS) is 13.0. The molecule has 0 atom stereocenters. The third-order valence-corrected chi connectivity index (χ3v) is 2.82. The standard InChI is InChI=1S/C12H12N6/c13-11(14)9-10-12(16-6-15-9)18(7-17-10)8-4-2-1-3-5-8/h1-6,17H,7H2,(H3,13,14). The number of nitrogens with one attached hydrogen (secondary N) is 2. The Kier molecular flexibility index (Phi) is 2.33. The molecule has 0 fully saturated rings. The van der Waals surface area contributed by atoms with E-state index in [1.54, 1.807) is 0 Å². The van der Waals surface area contributed by atoms with Crippen molar-refractivity contribution in [2.75, 3.05) is 16.9 Å². The largest absolute Gasteiger partial charge is 0.382 e. The van der Waals surface area contributed by atoms with Crippen molar-refractivity contribution in [1.82, 2.24) is 9.97 Å². The van der Waals surface area contributed by atoms with Gasteiger partial charge in [0.25, 0.3) is 0 Å². The van der Waals surface area contributed by atoms with Gasteiger partial charge in [-0.15, -0.1) is 0 Å². The second kappa shape index (κ2) is 3.99. The molecule has 0 saturated heterocycles. The number of amidine groups is 1. The summed E-state index contributed by atoms with van der Waals surface area (Å²) in [7, 11) is 0. The first-order chi connectivity index (χ1) is 8.77. The molecule has 0 radical (unpaired) electrons. The first-order valence-electron chi connectivity index (χ1n) is 5.53. The molecule has 2 heterocycles. The molecule has 1 aromatic heterocycles. The van der Waals surface area contributed by atoms with Crippen LogP contribution in [0.4, 0.5) is 17.2 Å². The number of anilines is 3. The van der Waals surface area contributed by atoms with Gasteiger partial charge in [-0.3, -0.25) is 5.41 Å². The van der Waals surface area contributed by atoms with Crippen LogP contribution in [0.1, 0.15) is 5.69 Å². The Bertz CT molecular complexity index is 595. The topological polar surface area (TPSA) is 90.9 Å². The van der Waals surface area contributed by atoms with Crippen molar-refractivity contribution in [3.05, 3.63) is 42.4 Å². The van der Waals surface area contributed by atoms with Crippen molar-refractivity contribution in [3.63, 3.8) is 0 Å². The zero-order valence-corrected chi connectivity index (χ0v) is 9.59. The molecule has 6 nitrogen and oxygen atoms in total. The zero-order chi connectivity index (χ0) is 12.5. The van der Waals surface area contributed by atoms with E-state index in [1.807, 2.05) is 35.2 Å². The van der Waals surface area contributed by atoms with Crippen LogP contribution in [-0.2, 0) is 0 Å². The van der Waals surface area contributed by atoms with Crippen LogP contribution in [0, 0.1) is 5.41 Å². The number of nitrogen functional groups attached to an aromatic ring is 1. The van der Waals surface area contributed by atoms with E-state index >= 15 is 0 Å². The summed E-state index contributed by atoms with van der Waals surface area (Å²) < 4.78 is 0.